The number of para-hydroxylation sites is 1. The van der Waals surface area contributed by atoms with Gasteiger partial charge in [0.1, 0.15) is 12.1 Å². The van der Waals surface area contributed by atoms with Crippen molar-refractivity contribution in [2.24, 2.45) is 5.92 Å². The van der Waals surface area contributed by atoms with Crippen LogP contribution in [-0.4, -0.2) is 47.4 Å². The highest BCUT2D eigenvalue weighted by atomic mass is 16.5. The number of hydrogen-bond acceptors (Lipinski definition) is 5. The average Bonchev–Trinajstić information content (AvgIpc) is 3.36. The lowest BCUT2D eigenvalue weighted by molar-refractivity contribution is -0.144. The number of aromatic nitrogens is 1. The summed E-state index contributed by atoms with van der Waals surface area (Å²) in [5.74, 6) is -1.62. The van der Waals surface area contributed by atoms with E-state index in [0.29, 0.717) is 12.8 Å². The van der Waals surface area contributed by atoms with E-state index in [1.54, 1.807) is 6.92 Å². The minimum atomic E-state index is -0.966. The molecule has 1 aromatic heterocycles. The van der Waals surface area contributed by atoms with Gasteiger partial charge in [0.05, 0.1) is 19.1 Å². The van der Waals surface area contributed by atoms with E-state index in [0.717, 1.165) is 22.0 Å². The van der Waals surface area contributed by atoms with Crippen LogP contribution >= 0.6 is 0 Å². The fourth-order valence-electron chi connectivity index (χ4n) is 4.90. The van der Waals surface area contributed by atoms with E-state index >= 15 is 0 Å². The number of allylic oxidation sites excluding steroid dienone is 2. The van der Waals surface area contributed by atoms with Gasteiger partial charge in [-0.15, -0.1) is 0 Å². The van der Waals surface area contributed by atoms with E-state index in [9.17, 15) is 19.2 Å². The number of hydrogen-bond donors (Lipinski definition) is 4. The summed E-state index contributed by atoms with van der Waals surface area (Å²) in [5.41, 5.74) is 2.52. The number of carbonyl (C=O) groups excluding carboxylic acids is 4. The first kappa shape index (κ1) is 29.6. The molecule has 0 saturated heterocycles. The number of nitrogens with one attached hydrogen (secondary N) is 4. The largest absolute Gasteiger partial charge is 0.466 e. The van der Waals surface area contributed by atoms with Crippen LogP contribution < -0.4 is 16.0 Å². The van der Waals surface area contributed by atoms with Crippen molar-refractivity contribution >= 4 is 34.6 Å². The lowest BCUT2D eigenvalue weighted by Gasteiger charge is -2.25. The third-order valence-corrected chi connectivity index (χ3v) is 7.14. The Morgan fingerprint density at radius 3 is 2.41 bits per heavy atom. The van der Waals surface area contributed by atoms with Gasteiger partial charge in [0.2, 0.25) is 17.7 Å². The number of H-pyrrole nitrogens is 1. The standard InChI is InChI=1S/C32H38N4O5/c1-21-11-5-4-10-16-41-30(38)19-27(23-12-6-3-7-13-23)35-32(40)28(36-31(39)22(2)34-29(37)17-21)18-24-20-33-26-15-9-8-14-25(24)26/h3,5-9,11-15,20-22,27-28,33H,4,10,16-19H2,1-2H3,(H,34,37)(H,35,40)(H,36,39)/b11-5+/t21?,22-,27+,28+/m0/s1. The molecule has 4 N–H and O–H groups in total. The van der Waals surface area contributed by atoms with Crippen molar-refractivity contribution in [2.45, 2.75) is 64.1 Å². The van der Waals surface area contributed by atoms with Gasteiger partial charge in [-0.25, -0.2) is 0 Å². The van der Waals surface area contributed by atoms with E-state index < -0.39 is 35.9 Å². The molecule has 4 atom stereocenters. The van der Waals surface area contributed by atoms with Crippen LogP contribution in [0.5, 0.6) is 0 Å². The maximum atomic E-state index is 13.8. The molecule has 2 aromatic carbocycles. The monoisotopic (exact) mass is 558 g/mol. The molecule has 0 radical (unpaired) electrons. The van der Waals surface area contributed by atoms with Crippen molar-refractivity contribution in [3.05, 3.63) is 84.1 Å². The molecule has 0 bridgehead atoms. The number of aromatic amines is 1. The second-order valence-corrected chi connectivity index (χ2v) is 10.6. The molecule has 4 rings (SSSR count). The zero-order valence-electron chi connectivity index (χ0n) is 23.5. The highest BCUT2D eigenvalue weighted by Crippen LogP contribution is 2.21. The zero-order chi connectivity index (χ0) is 29.2. The smallest absolute Gasteiger partial charge is 0.308 e. The van der Waals surface area contributed by atoms with Gasteiger partial charge in [-0.3, -0.25) is 19.2 Å². The van der Waals surface area contributed by atoms with Gasteiger partial charge >= 0.3 is 5.97 Å². The van der Waals surface area contributed by atoms with Gasteiger partial charge in [-0.1, -0.05) is 67.6 Å². The van der Waals surface area contributed by atoms with Crippen molar-refractivity contribution in [2.75, 3.05) is 6.61 Å². The summed E-state index contributed by atoms with van der Waals surface area (Å²) < 4.78 is 5.47. The molecule has 216 valence electrons. The van der Waals surface area contributed by atoms with E-state index in [4.69, 9.17) is 4.74 Å². The molecule has 1 aliphatic rings. The van der Waals surface area contributed by atoms with Crippen LogP contribution in [0.1, 0.15) is 56.7 Å². The minimum absolute atomic E-state index is 0.0260. The fraction of sp³-hybridized carbons (Fsp3) is 0.375. The molecule has 1 unspecified atom stereocenters. The van der Waals surface area contributed by atoms with Gasteiger partial charge in [0.25, 0.3) is 0 Å². The Kier molecular flexibility index (Phi) is 10.3. The first-order chi connectivity index (χ1) is 19.8. The predicted molar refractivity (Wildman–Crippen MR) is 157 cm³/mol. The first-order valence-electron chi connectivity index (χ1n) is 14.1. The summed E-state index contributed by atoms with van der Waals surface area (Å²) in [6.07, 6.45) is 7.47. The van der Waals surface area contributed by atoms with Crippen LogP contribution in [0.15, 0.2) is 72.9 Å². The number of cyclic esters (lactones) is 1. The van der Waals surface area contributed by atoms with Gasteiger partial charge in [0.15, 0.2) is 0 Å². The first-order valence-corrected chi connectivity index (χ1v) is 14.1. The second kappa shape index (κ2) is 14.3. The second-order valence-electron chi connectivity index (χ2n) is 10.6. The van der Waals surface area contributed by atoms with E-state index in [2.05, 4.69) is 20.9 Å². The highest BCUT2D eigenvalue weighted by Gasteiger charge is 2.29. The van der Waals surface area contributed by atoms with Gasteiger partial charge < -0.3 is 25.7 Å². The number of rotatable bonds is 3. The minimum Gasteiger partial charge on any atom is -0.466 e. The van der Waals surface area contributed by atoms with Gasteiger partial charge in [0, 0.05) is 29.9 Å². The predicted octanol–water partition coefficient (Wildman–Crippen LogP) is 3.87. The summed E-state index contributed by atoms with van der Waals surface area (Å²) in [7, 11) is 0. The Morgan fingerprint density at radius 1 is 0.854 bits per heavy atom. The molecule has 3 aromatic rings. The summed E-state index contributed by atoms with van der Waals surface area (Å²) in [5, 5.41) is 9.51. The molecule has 0 fully saturated rings. The quantitative estimate of drug-likeness (QED) is 0.287. The van der Waals surface area contributed by atoms with Crippen molar-refractivity contribution < 1.29 is 23.9 Å². The van der Waals surface area contributed by atoms with Crippen molar-refractivity contribution in [1.82, 2.24) is 20.9 Å². The van der Waals surface area contributed by atoms with E-state index in [1.165, 1.54) is 0 Å². The topological polar surface area (TPSA) is 129 Å². The van der Waals surface area contributed by atoms with Crippen molar-refractivity contribution in [3.8, 4) is 0 Å². The summed E-state index contributed by atoms with van der Waals surface area (Å²) >= 11 is 0. The molecule has 9 nitrogen and oxygen atoms in total. The van der Waals surface area contributed by atoms with Gasteiger partial charge in [-0.2, -0.15) is 0 Å². The summed E-state index contributed by atoms with van der Waals surface area (Å²) in [6, 6.07) is 14.5. The maximum Gasteiger partial charge on any atom is 0.308 e. The van der Waals surface area contributed by atoms with Crippen LogP contribution in [0.3, 0.4) is 0 Å². The molecule has 0 spiro atoms. The molecule has 0 aliphatic carbocycles. The lowest BCUT2D eigenvalue weighted by atomic mass is 10.0. The Hall–Kier alpha value is -4.40. The fourth-order valence-corrected chi connectivity index (χ4v) is 4.90. The number of ether oxygens (including phenoxy) is 1. The molecule has 3 amide bonds. The van der Waals surface area contributed by atoms with Crippen molar-refractivity contribution in [3.63, 3.8) is 0 Å². The molecule has 0 saturated carbocycles. The number of fused-ring (bicyclic) bond motifs is 1. The normalized spacial score (nSPS) is 24.6. The van der Waals surface area contributed by atoms with Gasteiger partial charge in [-0.05, 0) is 42.9 Å². The molecular weight excluding hydrogens is 520 g/mol. The molecular formula is C32H38N4O5. The summed E-state index contributed by atoms with van der Waals surface area (Å²) in [4.78, 5) is 55.6. The van der Waals surface area contributed by atoms with Crippen molar-refractivity contribution in [1.29, 1.82) is 0 Å². The van der Waals surface area contributed by atoms with E-state index in [1.807, 2.05) is 79.9 Å². The lowest BCUT2D eigenvalue weighted by Crippen LogP contribution is -2.54. The van der Waals surface area contributed by atoms with Crippen LogP contribution in [-0.2, 0) is 30.3 Å². The third kappa shape index (κ3) is 8.54. The molecule has 9 heteroatoms. The Morgan fingerprint density at radius 2 is 1.61 bits per heavy atom. The number of carbonyl (C=O) groups is 4. The molecule has 41 heavy (non-hydrogen) atoms. The SMILES string of the molecule is CC1/C=C/CCCOC(=O)C[C@H](c2ccccc2)NC(=O)[C@@H](Cc2c[nH]c3ccccc23)NC(=O)[C@H](C)NC(=O)C1. The Labute approximate surface area is 240 Å². The van der Waals surface area contributed by atoms with E-state index in [-0.39, 0.29) is 37.7 Å². The zero-order valence-corrected chi connectivity index (χ0v) is 23.5. The van der Waals surface area contributed by atoms with Crippen LogP contribution in [0.25, 0.3) is 10.9 Å². The number of benzene rings is 2. The molecule has 1 aliphatic heterocycles. The highest BCUT2D eigenvalue weighted by molar-refractivity contribution is 5.93. The third-order valence-electron chi connectivity index (χ3n) is 7.14. The van der Waals surface area contributed by atoms with Crippen LogP contribution in [0.2, 0.25) is 0 Å². The number of amides is 3. The van der Waals surface area contributed by atoms with Crippen LogP contribution in [0, 0.1) is 5.92 Å². The Balaban J connectivity index is 1.62. The Bertz CT molecular complexity index is 1380. The summed E-state index contributed by atoms with van der Waals surface area (Å²) in [6.45, 7) is 3.78. The molecule has 2 heterocycles. The number of esters is 1. The van der Waals surface area contributed by atoms with Crippen LogP contribution in [0.4, 0.5) is 0 Å². The average molecular weight is 559 g/mol. The maximum absolute atomic E-state index is 13.8.